The van der Waals surface area contributed by atoms with Gasteiger partial charge in [0.25, 0.3) is 5.95 Å². The zero-order chi connectivity index (χ0) is 27.0. The molecular weight excluding hydrogens is 495 g/mol. The van der Waals surface area contributed by atoms with Gasteiger partial charge in [-0.25, -0.2) is 28.9 Å². The Morgan fingerprint density at radius 3 is 2.61 bits per heavy atom. The number of anilines is 1. The van der Waals surface area contributed by atoms with E-state index in [0.717, 1.165) is 5.56 Å². The number of aliphatic hydroxyl groups is 1. The van der Waals surface area contributed by atoms with Gasteiger partial charge in [-0.15, -0.1) is 0 Å². The predicted molar refractivity (Wildman–Crippen MR) is 134 cm³/mol. The average molecular weight is 521 g/mol. The zero-order valence-corrected chi connectivity index (χ0v) is 20.6. The van der Waals surface area contributed by atoms with Gasteiger partial charge in [-0.05, 0) is 49.6 Å². The topological polar surface area (TPSA) is 158 Å². The molecule has 4 N–H and O–H groups in total. The number of halogens is 1. The number of benzene rings is 1. The second-order valence-corrected chi connectivity index (χ2v) is 9.52. The van der Waals surface area contributed by atoms with Crippen LogP contribution in [0.4, 0.5) is 19.8 Å². The molecule has 1 aliphatic heterocycles. The number of nitrogens with one attached hydrogen (secondary N) is 2. The van der Waals surface area contributed by atoms with Crippen LogP contribution in [0.1, 0.15) is 36.7 Å². The van der Waals surface area contributed by atoms with Crippen LogP contribution in [0.3, 0.4) is 0 Å². The van der Waals surface area contributed by atoms with Crippen molar-refractivity contribution in [2.45, 2.75) is 38.5 Å². The van der Waals surface area contributed by atoms with Crippen LogP contribution < -0.4 is 10.6 Å². The number of hydrogen-bond acceptors (Lipinski definition) is 7. The van der Waals surface area contributed by atoms with E-state index in [2.05, 4.69) is 30.7 Å². The molecular formula is C25H25FN8O4. The van der Waals surface area contributed by atoms with Crippen molar-refractivity contribution in [3.63, 3.8) is 0 Å². The van der Waals surface area contributed by atoms with E-state index in [9.17, 15) is 24.2 Å². The lowest BCUT2D eigenvalue weighted by molar-refractivity contribution is 0.0415. The Morgan fingerprint density at radius 2 is 1.89 bits per heavy atom. The smallest absolute Gasteiger partial charge is 0.407 e. The summed E-state index contributed by atoms with van der Waals surface area (Å²) in [6.45, 7) is 3.65. The van der Waals surface area contributed by atoms with Crippen LogP contribution in [0.15, 0.2) is 48.9 Å². The van der Waals surface area contributed by atoms with Gasteiger partial charge in [-0.1, -0.05) is 12.1 Å². The van der Waals surface area contributed by atoms with Gasteiger partial charge in [-0.3, -0.25) is 5.32 Å². The van der Waals surface area contributed by atoms with Crippen molar-refractivity contribution in [1.29, 1.82) is 0 Å². The average Bonchev–Trinajstić information content (AvgIpc) is 3.30. The first kappa shape index (κ1) is 25.0. The summed E-state index contributed by atoms with van der Waals surface area (Å²) in [4.78, 5) is 38.6. The van der Waals surface area contributed by atoms with Gasteiger partial charge in [0.1, 0.15) is 11.6 Å². The molecule has 1 unspecified atom stereocenters. The lowest BCUT2D eigenvalue weighted by Gasteiger charge is -2.30. The fourth-order valence-electron chi connectivity index (χ4n) is 4.32. The molecule has 4 heterocycles. The van der Waals surface area contributed by atoms with E-state index in [1.165, 1.54) is 40.0 Å². The highest BCUT2D eigenvalue weighted by Gasteiger charge is 2.30. The molecule has 0 radical (unpaired) electrons. The van der Waals surface area contributed by atoms with E-state index in [1.54, 1.807) is 32.3 Å². The molecule has 5 rings (SSSR count). The number of pyridine rings is 1. The minimum atomic E-state index is -1.33. The zero-order valence-electron chi connectivity index (χ0n) is 20.6. The lowest BCUT2D eigenvalue weighted by atomic mass is 9.92. The summed E-state index contributed by atoms with van der Waals surface area (Å²) in [6.07, 6.45) is 4.30. The first-order chi connectivity index (χ1) is 18.1. The molecule has 0 saturated carbocycles. The number of hydrogen-bond donors (Lipinski definition) is 4. The second kappa shape index (κ2) is 9.67. The van der Waals surface area contributed by atoms with E-state index >= 15 is 0 Å². The number of amides is 3. The standard InChI is InChI=1S/C25H25FN8O4/c1-25(2,38)21(14-3-5-17(26)6-4-14)32-23(35)31-20-9-16-11-29-34(19(16)12-27-20)22-28-10-15-7-8-33(24(36)37)13-18(15)30-22/h3-6,9-12,21,38H,7-8,13H2,1-2H3,(H,36,37)(H2,27,31,32,35). The fraction of sp³-hybridized carbons (Fsp3) is 0.280. The molecule has 4 aromatic rings. The first-order valence-corrected chi connectivity index (χ1v) is 11.8. The normalized spacial score (nSPS) is 14.2. The summed E-state index contributed by atoms with van der Waals surface area (Å²) in [7, 11) is 0. The molecule has 38 heavy (non-hydrogen) atoms. The lowest BCUT2D eigenvalue weighted by Crippen LogP contribution is -2.43. The van der Waals surface area contributed by atoms with Crippen LogP contribution in [-0.4, -0.2) is 64.1 Å². The summed E-state index contributed by atoms with van der Waals surface area (Å²) >= 11 is 0. The van der Waals surface area contributed by atoms with E-state index in [-0.39, 0.29) is 18.3 Å². The molecule has 196 valence electrons. The van der Waals surface area contributed by atoms with Crippen molar-refractivity contribution in [3.8, 4) is 5.95 Å². The van der Waals surface area contributed by atoms with Gasteiger partial charge in [0.05, 0.1) is 41.8 Å². The number of fused-ring (bicyclic) bond motifs is 2. The van der Waals surface area contributed by atoms with E-state index in [1.807, 2.05) is 0 Å². The largest absolute Gasteiger partial charge is 0.465 e. The molecule has 13 heteroatoms. The SMILES string of the molecule is CC(C)(O)C(NC(=O)Nc1cc2cnn(-c3ncc4c(n3)CN(C(=O)O)CC4)c2cn1)c1ccc(F)cc1. The molecule has 0 fully saturated rings. The number of aromatic nitrogens is 5. The highest BCUT2D eigenvalue weighted by molar-refractivity contribution is 5.91. The quantitative estimate of drug-likeness (QED) is 0.313. The maximum absolute atomic E-state index is 13.3. The Labute approximate surface area is 216 Å². The van der Waals surface area contributed by atoms with Crippen LogP contribution in [0.5, 0.6) is 0 Å². The van der Waals surface area contributed by atoms with Crippen LogP contribution >= 0.6 is 0 Å². The third-order valence-electron chi connectivity index (χ3n) is 6.27. The number of carbonyl (C=O) groups excluding carboxylic acids is 1. The summed E-state index contributed by atoms with van der Waals surface area (Å²) in [5.74, 6) is 0.0962. The Bertz CT molecular complexity index is 1520. The van der Waals surface area contributed by atoms with Gasteiger partial charge < -0.3 is 20.4 Å². The Morgan fingerprint density at radius 1 is 1.13 bits per heavy atom. The number of rotatable bonds is 5. The summed E-state index contributed by atoms with van der Waals surface area (Å²) in [5.41, 5.74) is 1.31. The molecule has 0 aliphatic carbocycles. The molecule has 1 aromatic carbocycles. The van der Waals surface area contributed by atoms with Crippen LogP contribution in [0, 0.1) is 5.82 Å². The van der Waals surface area contributed by atoms with Crippen molar-refractivity contribution < 1.29 is 24.2 Å². The molecule has 0 spiro atoms. The predicted octanol–water partition coefficient (Wildman–Crippen LogP) is 3.02. The molecule has 0 saturated heterocycles. The summed E-state index contributed by atoms with van der Waals surface area (Å²) in [5, 5.41) is 30.2. The van der Waals surface area contributed by atoms with Gasteiger partial charge in [0.2, 0.25) is 0 Å². The molecule has 1 atom stereocenters. The molecule has 0 bridgehead atoms. The number of nitrogens with zero attached hydrogens (tertiary/aromatic N) is 6. The second-order valence-electron chi connectivity index (χ2n) is 9.52. The Hall–Kier alpha value is -4.65. The van der Waals surface area contributed by atoms with Gasteiger partial charge in [-0.2, -0.15) is 9.78 Å². The maximum atomic E-state index is 13.3. The number of carboxylic acid groups (broad SMARTS) is 1. The molecule has 1 aliphatic rings. The maximum Gasteiger partial charge on any atom is 0.407 e. The van der Waals surface area contributed by atoms with Crippen molar-refractivity contribution in [1.82, 2.24) is 34.9 Å². The van der Waals surface area contributed by atoms with Crippen molar-refractivity contribution >= 4 is 28.8 Å². The van der Waals surface area contributed by atoms with Crippen LogP contribution in [0.2, 0.25) is 0 Å². The molecule has 3 amide bonds. The van der Waals surface area contributed by atoms with Crippen molar-refractivity contribution in [2.75, 3.05) is 11.9 Å². The van der Waals surface area contributed by atoms with Crippen molar-refractivity contribution in [2.24, 2.45) is 0 Å². The third-order valence-corrected chi connectivity index (χ3v) is 6.27. The third kappa shape index (κ3) is 5.09. The van der Waals surface area contributed by atoms with E-state index in [0.29, 0.717) is 35.1 Å². The van der Waals surface area contributed by atoms with Gasteiger partial charge >= 0.3 is 12.1 Å². The van der Waals surface area contributed by atoms with Crippen molar-refractivity contribution in [3.05, 3.63) is 71.6 Å². The van der Waals surface area contributed by atoms with Crippen LogP contribution in [-0.2, 0) is 13.0 Å². The highest BCUT2D eigenvalue weighted by Crippen LogP contribution is 2.26. The summed E-state index contributed by atoms with van der Waals surface area (Å²) in [6, 6.07) is 5.72. The van der Waals surface area contributed by atoms with Crippen LogP contribution in [0.25, 0.3) is 16.9 Å². The minimum Gasteiger partial charge on any atom is -0.465 e. The fourth-order valence-corrected chi connectivity index (χ4v) is 4.32. The minimum absolute atomic E-state index is 0.171. The highest BCUT2D eigenvalue weighted by atomic mass is 19.1. The van der Waals surface area contributed by atoms with E-state index in [4.69, 9.17) is 0 Å². The molecule has 3 aromatic heterocycles. The monoisotopic (exact) mass is 520 g/mol. The number of urea groups is 1. The Kier molecular flexibility index (Phi) is 6.36. The first-order valence-electron chi connectivity index (χ1n) is 11.8. The Balaban J connectivity index is 1.34. The number of carbonyl (C=O) groups is 2. The molecule has 12 nitrogen and oxygen atoms in total. The van der Waals surface area contributed by atoms with Gasteiger partial charge in [0, 0.05) is 18.1 Å². The van der Waals surface area contributed by atoms with E-state index < -0.39 is 29.6 Å². The summed E-state index contributed by atoms with van der Waals surface area (Å²) < 4.78 is 14.8. The van der Waals surface area contributed by atoms with Gasteiger partial charge in [0.15, 0.2) is 0 Å².